The summed E-state index contributed by atoms with van der Waals surface area (Å²) in [4.78, 5) is 0. The summed E-state index contributed by atoms with van der Waals surface area (Å²) in [5, 5.41) is 14.9. The number of nitrogens with zero attached hydrogens (tertiary/aromatic N) is 2. The van der Waals surface area contributed by atoms with Crippen molar-refractivity contribution in [2.75, 3.05) is 0 Å². The molecule has 0 saturated carbocycles. The fraction of sp³-hybridized carbons (Fsp3) is 0.571. The maximum absolute atomic E-state index is 9.26. The van der Waals surface area contributed by atoms with Crippen LogP contribution in [-0.4, -0.2) is 28.6 Å². The zero-order chi connectivity index (χ0) is 7.56. The molecule has 1 aliphatic rings. The van der Waals surface area contributed by atoms with Crippen LogP contribution >= 0.6 is 0 Å². The number of allylic oxidation sites excluding steroid dienone is 1. The minimum atomic E-state index is -0.551. The highest BCUT2D eigenvalue weighted by molar-refractivity contribution is 5.71. The van der Waals surface area contributed by atoms with Crippen LogP contribution in [0, 0.1) is 0 Å². The predicted molar refractivity (Wildman–Crippen MR) is 40.6 cm³/mol. The fourth-order valence-electron chi connectivity index (χ4n) is 0.860. The van der Waals surface area contributed by atoms with Crippen molar-refractivity contribution in [2.24, 2.45) is 5.10 Å². The average Bonchev–Trinajstić information content (AvgIpc) is 1.88. The van der Waals surface area contributed by atoms with E-state index in [1.807, 2.05) is 13.8 Å². The molecule has 0 bridgehead atoms. The van der Waals surface area contributed by atoms with Crippen LogP contribution in [0.15, 0.2) is 17.3 Å². The highest BCUT2D eigenvalue weighted by Crippen LogP contribution is 2.07. The van der Waals surface area contributed by atoms with Crippen LogP contribution in [0.2, 0.25) is 0 Å². The monoisotopic (exact) mass is 140 g/mol. The van der Waals surface area contributed by atoms with Gasteiger partial charge in [0.2, 0.25) is 0 Å². The van der Waals surface area contributed by atoms with E-state index in [-0.39, 0.29) is 6.04 Å². The van der Waals surface area contributed by atoms with Gasteiger partial charge in [-0.15, -0.1) is 0 Å². The largest absolute Gasteiger partial charge is 0.369 e. The topological polar surface area (TPSA) is 35.8 Å². The highest BCUT2D eigenvalue weighted by atomic mass is 16.3. The molecule has 0 radical (unpaired) electrons. The third kappa shape index (κ3) is 1.36. The molecule has 1 N–H and O–H groups in total. The van der Waals surface area contributed by atoms with Gasteiger partial charge in [-0.3, -0.25) is 5.01 Å². The summed E-state index contributed by atoms with van der Waals surface area (Å²) in [5.41, 5.74) is 0. The Morgan fingerprint density at radius 1 is 1.60 bits per heavy atom. The number of rotatable bonds is 1. The first-order valence-electron chi connectivity index (χ1n) is 3.39. The SMILES string of the molecule is CC(C)N1N=CC=CC1O. The first kappa shape index (κ1) is 7.28. The lowest BCUT2D eigenvalue weighted by Crippen LogP contribution is -2.36. The summed E-state index contributed by atoms with van der Waals surface area (Å²) in [6.45, 7) is 3.97. The maximum atomic E-state index is 9.26. The van der Waals surface area contributed by atoms with Crippen molar-refractivity contribution in [1.29, 1.82) is 0 Å². The van der Waals surface area contributed by atoms with Gasteiger partial charge in [0, 0.05) is 12.3 Å². The molecule has 0 aliphatic carbocycles. The Labute approximate surface area is 60.7 Å². The summed E-state index contributed by atoms with van der Waals surface area (Å²) in [5.74, 6) is 0. The van der Waals surface area contributed by atoms with Crippen molar-refractivity contribution < 1.29 is 5.11 Å². The van der Waals surface area contributed by atoms with E-state index in [9.17, 15) is 5.11 Å². The summed E-state index contributed by atoms with van der Waals surface area (Å²) in [6.07, 6.45) is 4.56. The minimum Gasteiger partial charge on any atom is -0.369 e. The van der Waals surface area contributed by atoms with Crippen LogP contribution in [0.5, 0.6) is 0 Å². The standard InChI is InChI=1S/C7H12N2O/c1-6(2)9-7(10)4-3-5-8-9/h3-7,10H,1-2H3. The number of aliphatic hydroxyl groups excluding tert-OH is 1. The molecule has 56 valence electrons. The van der Waals surface area contributed by atoms with Crippen LogP contribution in [0.25, 0.3) is 0 Å². The molecule has 3 nitrogen and oxygen atoms in total. The Balaban J connectivity index is 2.61. The summed E-state index contributed by atoms with van der Waals surface area (Å²) in [6, 6.07) is 0.246. The van der Waals surface area contributed by atoms with E-state index in [1.54, 1.807) is 23.4 Å². The number of aliphatic hydroxyl groups is 1. The van der Waals surface area contributed by atoms with Gasteiger partial charge in [0.05, 0.1) is 0 Å². The molecule has 0 amide bonds. The van der Waals surface area contributed by atoms with Gasteiger partial charge in [-0.2, -0.15) is 5.10 Å². The van der Waals surface area contributed by atoms with Crippen LogP contribution in [0.3, 0.4) is 0 Å². The highest BCUT2D eigenvalue weighted by Gasteiger charge is 2.14. The van der Waals surface area contributed by atoms with E-state index < -0.39 is 6.23 Å². The van der Waals surface area contributed by atoms with E-state index in [0.717, 1.165) is 0 Å². The van der Waals surface area contributed by atoms with Crippen LogP contribution in [0.4, 0.5) is 0 Å². The Bertz CT molecular complexity index is 163. The number of hydrazone groups is 1. The molecule has 1 aliphatic heterocycles. The van der Waals surface area contributed by atoms with Gasteiger partial charge in [-0.1, -0.05) is 0 Å². The lowest BCUT2D eigenvalue weighted by atomic mass is 10.3. The number of hydrogen-bond acceptors (Lipinski definition) is 3. The molecule has 0 fully saturated rings. The van der Waals surface area contributed by atoms with Gasteiger partial charge in [0.1, 0.15) is 0 Å². The van der Waals surface area contributed by atoms with Crippen LogP contribution in [0.1, 0.15) is 13.8 Å². The molecule has 1 heterocycles. The van der Waals surface area contributed by atoms with Crippen molar-refractivity contribution in [3.8, 4) is 0 Å². The lowest BCUT2D eigenvalue weighted by molar-refractivity contribution is 0.0201. The van der Waals surface area contributed by atoms with Gasteiger partial charge in [-0.05, 0) is 26.0 Å². The third-order valence-electron chi connectivity index (χ3n) is 1.37. The van der Waals surface area contributed by atoms with Gasteiger partial charge in [0.15, 0.2) is 6.23 Å². The second-order valence-corrected chi connectivity index (χ2v) is 2.54. The zero-order valence-electron chi connectivity index (χ0n) is 6.23. The van der Waals surface area contributed by atoms with Crippen molar-refractivity contribution in [3.05, 3.63) is 12.2 Å². The smallest absolute Gasteiger partial charge is 0.162 e. The van der Waals surface area contributed by atoms with Crippen molar-refractivity contribution in [1.82, 2.24) is 5.01 Å². The first-order valence-corrected chi connectivity index (χ1v) is 3.39. The Morgan fingerprint density at radius 2 is 2.30 bits per heavy atom. The number of hydrogen-bond donors (Lipinski definition) is 1. The fourth-order valence-corrected chi connectivity index (χ4v) is 0.860. The molecule has 1 unspecified atom stereocenters. The summed E-state index contributed by atoms with van der Waals surface area (Å²) >= 11 is 0. The normalized spacial score (nSPS) is 24.4. The maximum Gasteiger partial charge on any atom is 0.162 e. The molecular weight excluding hydrogens is 128 g/mol. The zero-order valence-corrected chi connectivity index (χ0v) is 6.23. The quantitative estimate of drug-likeness (QED) is 0.578. The summed E-state index contributed by atoms with van der Waals surface area (Å²) in [7, 11) is 0. The molecule has 0 aromatic carbocycles. The van der Waals surface area contributed by atoms with Crippen molar-refractivity contribution in [3.63, 3.8) is 0 Å². The molecule has 1 rings (SSSR count). The second-order valence-electron chi connectivity index (χ2n) is 2.54. The Hall–Kier alpha value is -0.830. The molecule has 10 heavy (non-hydrogen) atoms. The third-order valence-corrected chi connectivity index (χ3v) is 1.37. The Kier molecular flexibility index (Phi) is 2.06. The Morgan fingerprint density at radius 3 is 2.70 bits per heavy atom. The lowest BCUT2D eigenvalue weighted by Gasteiger charge is -2.27. The van der Waals surface area contributed by atoms with Crippen LogP contribution in [-0.2, 0) is 0 Å². The van der Waals surface area contributed by atoms with Gasteiger partial charge >= 0.3 is 0 Å². The van der Waals surface area contributed by atoms with E-state index in [0.29, 0.717) is 0 Å². The van der Waals surface area contributed by atoms with Gasteiger partial charge < -0.3 is 5.11 Å². The molecular formula is C7H12N2O. The molecule has 0 aromatic heterocycles. The van der Waals surface area contributed by atoms with Crippen molar-refractivity contribution >= 4 is 6.21 Å². The molecule has 0 saturated heterocycles. The molecule has 0 spiro atoms. The molecule has 0 aromatic rings. The molecule has 1 atom stereocenters. The van der Waals surface area contributed by atoms with Crippen molar-refractivity contribution in [2.45, 2.75) is 26.1 Å². The average molecular weight is 140 g/mol. The van der Waals surface area contributed by atoms with E-state index in [2.05, 4.69) is 5.10 Å². The minimum absolute atomic E-state index is 0.246. The van der Waals surface area contributed by atoms with E-state index in [1.165, 1.54) is 0 Å². The molecule has 3 heteroatoms. The van der Waals surface area contributed by atoms with E-state index >= 15 is 0 Å². The first-order chi connectivity index (χ1) is 4.72. The second kappa shape index (κ2) is 2.84. The van der Waals surface area contributed by atoms with Gasteiger partial charge in [-0.25, -0.2) is 0 Å². The summed E-state index contributed by atoms with van der Waals surface area (Å²) < 4.78 is 0. The predicted octanol–water partition coefficient (Wildman–Crippen LogP) is 0.571. The van der Waals surface area contributed by atoms with Crippen LogP contribution < -0.4 is 0 Å². The van der Waals surface area contributed by atoms with Gasteiger partial charge in [0.25, 0.3) is 0 Å². The van der Waals surface area contributed by atoms with E-state index in [4.69, 9.17) is 0 Å².